The van der Waals surface area contributed by atoms with Gasteiger partial charge in [-0.1, -0.05) is 23.7 Å². The third kappa shape index (κ3) is 5.12. The molecule has 0 aromatic heterocycles. The Morgan fingerprint density at radius 2 is 1.92 bits per heavy atom. The summed E-state index contributed by atoms with van der Waals surface area (Å²) in [6.07, 6.45) is 0. The lowest BCUT2D eigenvalue weighted by Crippen LogP contribution is -2.20. The van der Waals surface area contributed by atoms with Crippen molar-refractivity contribution in [3.05, 3.63) is 51.5 Å². The predicted octanol–water partition coefficient (Wildman–Crippen LogP) is 4.31. The van der Waals surface area contributed by atoms with Crippen molar-refractivity contribution < 1.29 is 23.8 Å². The van der Waals surface area contributed by atoms with E-state index in [4.69, 9.17) is 25.8 Å². The van der Waals surface area contributed by atoms with E-state index in [1.807, 2.05) is 12.1 Å². The minimum Gasteiger partial charge on any atom is -0.496 e. The second kappa shape index (κ2) is 9.45. The number of rotatable bonds is 7. The van der Waals surface area contributed by atoms with Gasteiger partial charge in [0.2, 0.25) is 0 Å². The summed E-state index contributed by atoms with van der Waals surface area (Å²) in [5.74, 6) is -0.172. The number of anilines is 1. The van der Waals surface area contributed by atoms with E-state index in [0.717, 1.165) is 4.47 Å². The van der Waals surface area contributed by atoms with E-state index in [1.165, 1.54) is 19.2 Å². The molecule has 0 saturated heterocycles. The molecule has 0 aliphatic rings. The van der Waals surface area contributed by atoms with Crippen LogP contribution in [0.2, 0.25) is 5.02 Å². The minimum atomic E-state index is -0.554. The normalized spacial score (nSPS) is 10.2. The van der Waals surface area contributed by atoms with Gasteiger partial charge in [-0.05, 0) is 41.1 Å². The van der Waals surface area contributed by atoms with Crippen LogP contribution in [0.4, 0.5) is 5.69 Å². The SMILES string of the molecule is CCOC(=O)c1cc(Cl)c(NC(=O)COc2ccccc2Br)cc1OC. The fourth-order valence-electron chi connectivity index (χ4n) is 2.08. The van der Waals surface area contributed by atoms with Gasteiger partial charge in [-0.2, -0.15) is 0 Å². The monoisotopic (exact) mass is 441 g/mol. The van der Waals surface area contributed by atoms with Crippen LogP contribution >= 0.6 is 27.5 Å². The van der Waals surface area contributed by atoms with Crippen LogP contribution in [0.15, 0.2) is 40.9 Å². The van der Waals surface area contributed by atoms with E-state index in [9.17, 15) is 9.59 Å². The highest BCUT2D eigenvalue weighted by molar-refractivity contribution is 9.10. The Labute approximate surface area is 164 Å². The number of para-hydroxylation sites is 1. The van der Waals surface area contributed by atoms with Gasteiger partial charge in [-0.3, -0.25) is 4.79 Å². The molecule has 1 N–H and O–H groups in total. The highest BCUT2D eigenvalue weighted by atomic mass is 79.9. The molecular weight excluding hydrogens is 426 g/mol. The zero-order valence-corrected chi connectivity index (χ0v) is 16.5. The summed E-state index contributed by atoms with van der Waals surface area (Å²) in [7, 11) is 1.41. The Hall–Kier alpha value is -2.25. The summed E-state index contributed by atoms with van der Waals surface area (Å²) in [5.41, 5.74) is 0.485. The number of hydrogen-bond acceptors (Lipinski definition) is 5. The van der Waals surface area contributed by atoms with Gasteiger partial charge >= 0.3 is 5.97 Å². The number of carbonyl (C=O) groups is 2. The maximum absolute atomic E-state index is 12.1. The third-order valence-corrected chi connectivity index (χ3v) is 4.22. The van der Waals surface area contributed by atoms with Crippen LogP contribution < -0.4 is 14.8 Å². The third-order valence-electron chi connectivity index (χ3n) is 3.25. The van der Waals surface area contributed by atoms with Crippen LogP contribution in [-0.2, 0) is 9.53 Å². The molecule has 26 heavy (non-hydrogen) atoms. The number of hydrogen-bond donors (Lipinski definition) is 1. The summed E-state index contributed by atoms with van der Waals surface area (Å²) in [5, 5.41) is 2.81. The lowest BCUT2D eigenvalue weighted by atomic mass is 10.1. The number of benzene rings is 2. The topological polar surface area (TPSA) is 73.9 Å². The highest BCUT2D eigenvalue weighted by Crippen LogP contribution is 2.31. The van der Waals surface area contributed by atoms with Gasteiger partial charge in [0.05, 0.1) is 28.9 Å². The first-order valence-electron chi connectivity index (χ1n) is 7.68. The molecular formula is C18H17BrClNO5. The lowest BCUT2D eigenvalue weighted by Gasteiger charge is -2.13. The maximum Gasteiger partial charge on any atom is 0.341 e. The second-order valence-corrected chi connectivity index (χ2v) is 6.28. The van der Waals surface area contributed by atoms with Crippen molar-refractivity contribution >= 4 is 45.1 Å². The molecule has 0 aliphatic carbocycles. The summed E-state index contributed by atoms with van der Waals surface area (Å²) in [6.45, 7) is 1.72. The van der Waals surface area contributed by atoms with Gasteiger partial charge in [0.1, 0.15) is 17.1 Å². The Morgan fingerprint density at radius 3 is 2.58 bits per heavy atom. The fourth-order valence-corrected chi connectivity index (χ4v) is 2.69. The van der Waals surface area contributed by atoms with E-state index in [1.54, 1.807) is 19.1 Å². The molecule has 0 saturated carbocycles. The Morgan fingerprint density at radius 1 is 1.19 bits per heavy atom. The largest absolute Gasteiger partial charge is 0.496 e. The summed E-state index contributed by atoms with van der Waals surface area (Å²) < 4.78 is 16.3. The Kier molecular flexibility index (Phi) is 7.29. The van der Waals surface area contributed by atoms with Crippen LogP contribution in [0, 0.1) is 0 Å². The van der Waals surface area contributed by atoms with Crippen LogP contribution in [0.5, 0.6) is 11.5 Å². The van der Waals surface area contributed by atoms with Crippen molar-refractivity contribution in [2.45, 2.75) is 6.92 Å². The van der Waals surface area contributed by atoms with Gasteiger partial charge in [0.15, 0.2) is 6.61 Å². The quantitative estimate of drug-likeness (QED) is 0.647. The van der Waals surface area contributed by atoms with Gasteiger partial charge < -0.3 is 19.5 Å². The molecule has 138 valence electrons. The molecule has 2 aromatic carbocycles. The zero-order chi connectivity index (χ0) is 19.1. The standard InChI is InChI=1S/C18H17BrClNO5/c1-3-25-18(23)11-8-13(20)14(9-16(11)24-2)21-17(22)10-26-15-7-5-4-6-12(15)19/h4-9H,3,10H2,1-2H3,(H,21,22). The fraction of sp³-hybridized carbons (Fsp3) is 0.222. The number of esters is 1. The minimum absolute atomic E-state index is 0.182. The molecule has 0 unspecified atom stereocenters. The van der Waals surface area contributed by atoms with Gasteiger partial charge in [0, 0.05) is 6.07 Å². The van der Waals surface area contributed by atoms with Crippen LogP contribution in [0.3, 0.4) is 0 Å². The van der Waals surface area contributed by atoms with Crippen molar-refractivity contribution in [3.8, 4) is 11.5 Å². The van der Waals surface area contributed by atoms with Crippen molar-refractivity contribution in [1.29, 1.82) is 0 Å². The predicted molar refractivity (Wildman–Crippen MR) is 102 cm³/mol. The summed E-state index contributed by atoms with van der Waals surface area (Å²) >= 11 is 9.50. The zero-order valence-electron chi connectivity index (χ0n) is 14.2. The molecule has 0 bridgehead atoms. The van der Waals surface area contributed by atoms with E-state index in [-0.39, 0.29) is 29.5 Å². The molecule has 0 fully saturated rings. The van der Waals surface area contributed by atoms with Crippen molar-refractivity contribution in [1.82, 2.24) is 0 Å². The van der Waals surface area contributed by atoms with E-state index in [0.29, 0.717) is 11.4 Å². The van der Waals surface area contributed by atoms with Gasteiger partial charge in [-0.15, -0.1) is 0 Å². The van der Waals surface area contributed by atoms with Crippen molar-refractivity contribution in [2.24, 2.45) is 0 Å². The number of carbonyl (C=O) groups excluding carboxylic acids is 2. The number of nitrogens with one attached hydrogen (secondary N) is 1. The molecule has 0 aliphatic heterocycles. The number of methoxy groups -OCH3 is 1. The number of amides is 1. The van der Waals surface area contributed by atoms with Crippen molar-refractivity contribution in [2.75, 3.05) is 25.6 Å². The molecule has 0 radical (unpaired) electrons. The first-order valence-corrected chi connectivity index (χ1v) is 8.85. The molecule has 1 amide bonds. The first kappa shape index (κ1) is 20.1. The van der Waals surface area contributed by atoms with Crippen LogP contribution in [0.1, 0.15) is 17.3 Å². The maximum atomic E-state index is 12.1. The van der Waals surface area contributed by atoms with Crippen LogP contribution in [0.25, 0.3) is 0 Å². The lowest BCUT2D eigenvalue weighted by molar-refractivity contribution is -0.118. The van der Waals surface area contributed by atoms with E-state index in [2.05, 4.69) is 21.2 Å². The average molecular weight is 443 g/mol. The van der Waals surface area contributed by atoms with Crippen molar-refractivity contribution in [3.63, 3.8) is 0 Å². The highest BCUT2D eigenvalue weighted by Gasteiger charge is 2.18. The summed E-state index contributed by atoms with van der Waals surface area (Å²) in [6, 6.07) is 10.0. The Bertz CT molecular complexity index is 812. The average Bonchev–Trinajstić information content (AvgIpc) is 2.62. The molecule has 8 heteroatoms. The Balaban J connectivity index is 2.10. The molecule has 0 atom stereocenters. The summed E-state index contributed by atoms with van der Waals surface area (Å²) in [4.78, 5) is 24.1. The van der Waals surface area contributed by atoms with Gasteiger partial charge in [-0.25, -0.2) is 4.79 Å². The number of ether oxygens (including phenoxy) is 3. The van der Waals surface area contributed by atoms with Gasteiger partial charge in [0.25, 0.3) is 5.91 Å². The van der Waals surface area contributed by atoms with E-state index < -0.39 is 11.9 Å². The first-order chi connectivity index (χ1) is 12.5. The molecule has 6 nitrogen and oxygen atoms in total. The molecule has 0 spiro atoms. The number of halogens is 2. The van der Waals surface area contributed by atoms with Crippen LogP contribution in [-0.4, -0.2) is 32.2 Å². The molecule has 0 heterocycles. The second-order valence-electron chi connectivity index (χ2n) is 5.02. The molecule has 2 aromatic rings. The smallest absolute Gasteiger partial charge is 0.341 e. The van der Waals surface area contributed by atoms with E-state index >= 15 is 0 Å². The molecule has 2 rings (SSSR count).